The molecule has 6 heteroatoms. The van der Waals surface area contributed by atoms with Crippen LogP contribution in [-0.2, 0) is 0 Å². The summed E-state index contributed by atoms with van der Waals surface area (Å²) in [5, 5.41) is 4.42. The lowest BCUT2D eigenvalue weighted by Crippen LogP contribution is -2.06. The third-order valence-electron chi connectivity index (χ3n) is 14.6. The minimum Gasteiger partial charge on any atom is -0.308 e. The molecule has 14 aromatic rings. The van der Waals surface area contributed by atoms with Crippen molar-refractivity contribution in [2.45, 2.75) is 0 Å². The third-order valence-corrected chi connectivity index (χ3v) is 14.6. The molecule has 0 spiro atoms. The van der Waals surface area contributed by atoms with Crippen LogP contribution in [0.15, 0.2) is 267 Å². The predicted octanol–water partition coefficient (Wildman–Crippen LogP) is 18.3. The van der Waals surface area contributed by atoms with Crippen LogP contribution in [0.25, 0.3) is 139 Å². The molecule has 76 heavy (non-hydrogen) atoms. The van der Waals surface area contributed by atoms with Crippen molar-refractivity contribution in [3.05, 3.63) is 278 Å². The summed E-state index contributed by atoms with van der Waals surface area (Å²) in [5.74, 6) is 1.46. The molecule has 0 saturated heterocycles. The van der Waals surface area contributed by atoms with Gasteiger partial charge in [0.25, 0.3) is 0 Å². The zero-order valence-electron chi connectivity index (χ0n) is 41.1. The summed E-state index contributed by atoms with van der Waals surface area (Å²) in [5.41, 5.74) is 17.6. The van der Waals surface area contributed by atoms with Gasteiger partial charge in [-0.2, -0.15) is 0 Å². The summed E-state index contributed by atoms with van der Waals surface area (Å²) in [4.78, 5) is 19.9. The molecule has 0 bridgehead atoms. The number of benzene rings is 11. The van der Waals surface area contributed by atoms with Crippen LogP contribution in [0.5, 0.6) is 0 Å². The van der Waals surface area contributed by atoms with Gasteiger partial charge < -0.3 is 9.13 Å². The second kappa shape index (κ2) is 18.5. The van der Waals surface area contributed by atoms with Crippen molar-refractivity contribution in [3.8, 4) is 90.0 Å². The van der Waals surface area contributed by atoms with E-state index < -0.39 is 0 Å². The molecule has 3 aromatic heterocycles. The van der Waals surface area contributed by atoms with E-state index in [-0.39, 0.29) is 0 Å². The van der Waals surface area contributed by atoms with Gasteiger partial charge >= 0.3 is 0 Å². The predicted molar refractivity (Wildman–Crippen MR) is 313 cm³/mol. The lowest BCUT2D eigenvalue weighted by atomic mass is 10.0. The van der Waals surface area contributed by atoms with Crippen molar-refractivity contribution in [1.29, 1.82) is 0 Å². The fourth-order valence-corrected chi connectivity index (χ4v) is 10.9. The van der Waals surface area contributed by atoms with Crippen molar-refractivity contribution < 1.29 is 0 Å². The Morgan fingerprint density at radius 3 is 0.842 bits per heavy atom. The molecule has 3 heterocycles. The van der Waals surface area contributed by atoms with Crippen LogP contribution in [0.3, 0.4) is 0 Å². The highest BCUT2D eigenvalue weighted by molar-refractivity contribution is 6.14. The quantitative estimate of drug-likeness (QED) is 0.135. The Balaban J connectivity index is 1.11. The van der Waals surface area contributed by atoms with Gasteiger partial charge in [-0.15, -0.1) is 0 Å². The average Bonchev–Trinajstić information content (AvgIpc) is 4.07. The van der Waals surface area contributed by atoms with E-state index in [1.807, 2.05) is 60.7 Å². The van der Waals surface area contributed by atoms with Crippen LogP contribution >= 0.6 is 0 Å². The molecule has 0 aliphatic heterocycles. The fraction of sp³-hybridized carbons (Fsp3) is 0. The Kier molecular flexibility index (Phi) is 10.8. The summed E-state index contributed by atoms with van der Waals surface area (Å²) in [6.45, 7) is 9.02. The Bertz CT molecular complexity index is 4290. The van der Waals surface area contributed by atoms with Crippen LogP contribution in [0.2, 0.25) is 0 Å². The summed E-state index contributed by atoms with van der Waals surface area (Å²) in [6, 6.07) is 93.6. The minimum absolute atomic E-state index is 0.409. The van der Waals surface area contributed by atoms with Crippen LogP contribution < -0.4 is 0 Å². The van der Waals surface area contributed by atoms with E-state index in [0.717, 1.165) is 111 Å². The first kappa shape index (κ1) is 44.2. The zero-order valence-corrected chi connectivity index (χ0v) is 41.1. The molecule has 0 N–H and O–H groups in total. The monoisotopic (exact) mass is 968 g/mol. The first-order valence-corrected chi connectivity index (χ1v) is 25.5. The van der Waals surface area contributed by atoms with Gasteiger partial charge in [0.05, 0.1) is 40.0 Å². The number of fused-ring (bicyclic) bond motifs is 6. The van der Waals surface area contributed by atoms with Crippen LogP contribution in [0.4, 0.5) is 5.69 Å². The van der Waals surface area contributed by atoms with Gasteiger partial charge in [0.2, 0.25) is 0 Å². The molecular formula is C70H44N6. The fourth-order valence-electron chi connectivity index (χ4n) is 10.9. The number of hydrogen-bond acceptors (Lipinski definition) is 3. The van der Waals surface area contributed by atoms with Gasteiger partial charge in [0.15, 0.2) is 23.2 Å². The normalized spacial score (nSPS) is 11.4. The van der Waals surface area contributed by atoms with E-state index in [1.165, 1.54) is 0 Å². The summed E-state index contributed by atoms with van der Waals surface area (Å²) in [6.07, 6.45) is 0. The molecule has 0 atom stereocenters. The molecule has 354 valence electrons. The first-order valence-electron chi connectivity index (χ1n) is 25.5. The molecule has 0 saturated carbocycles. The maximum Gasteiger partial charge on any atom is 0.200 e. The lowest BCUT2D eigenvalue weighted by Gasteiger charge is -2.20. The highest BCUT2D eigenvalue weighted by Gasteiger charge is 2.25. The van der Waals surface area contributed by atoms with E-state index in [4.69, 9.17) is 21.5 Å². The number of nitrogens with zero attached hydrogens (tertiary/aromatic N) is 6. The van der Waals surface area contributed by atoms with Crippen molar-refractivity contribution in [3.63, 3.8) is 0 Å². The SMILES string of the molecule is [C-]#[N+]c1cc(-n2c3ccc(-c4ccccc4)cc3c3cc(-c4ccccc4)ccc32)c(-n2c3ccc(-c4ccccc4)cc3c3cc(-c4ccccc4)ccc32)cc1-c1nc(-c2ccccc2)nc(-c2ccccc2)n1. The highest BCUT2D eigenvalue weighted by Crippen LogP contribution is 2.45. The third kappa shape index (κ3) is 7.70. The smallest absolute Gasteiger partial charge is 0.200 e. The maximum absolute atomic E-state index is 9.02. The molecule has 0 aliphatic rings. The van der Waals surface area contributed by atoms with E-state index in [0.29, 0.717) is 28.7 Å². The molecule has 14 rings (SSSR count). The standard InChI is InChI=1S/C70H44N6/c1-71-61-45-67(76-64-38-34-54(48-24-12-4-13-25-48)42-58(64)59-43-55(35-39-65(59)76)49-26-14-5-15-27-49)66(44-60(61)70-73-68(50-28-16-6-17-29-50)72-69(74-70)51-30-18-7-19-31-51)75-62-36-32-52(46-20-8-2-9-21-46)40-56(62)57-41-53(33-37-63(57)75)47-22-10-3-11-23-47/h2-45H. The molecule has 0 amide bonds. The number of aromatic nitrogens is 5. The van der Waals surface area contributed by atoms with E-state index in [9.17, 15) is 0 Å². The van der Waals surface area contributed by atoms with Crippen molar-refractivity contribution in [2.75, 3.05) is 0 Å². The van der Waals surface area contributed by atoms with Gasteiger partial charge in [-0.05, 0) is 105 Å². The van der Waals surface area contributed by atoms with Gasteiger partial charge in [-0.3, -0.25) is 0 Å². The average molecular weight is 969 g/mol. The maximum atomic E-state index is 9.02. The largest absolute Gasteiger partial charge is 0.308 e. The van der Waals surface area contributed by atoms with E-state index in [1.54, 1.807) is 0 Å². The van der Waals surface area contributed by atoms with E-state index >= 15 is 0 Å². The molecular weight excluding hydrogens is 925 g/mol. The van der Waals surface area contributed by atoms with Gasteiger partial charge in [0.1, 0.15) is 0 Å². The van der Waals surface area contributed by atoms with Crippen LogP contribution in [0, 0.1) is 6.57 Å². The topological polar surface area (TPSA) is 52.9 Å². The molecule has 0 fully saturated rings. The summed E-state index contributed by atoms with van der Waals surface area (Å²) in [7, 11) is 0. The Labute approximate surface area is 439 Å². The minimum atomic E-state index is 0.409. The van der Waals surface area contributed by atoms with Gasteiger partial charge in [-0.25, -0.2) is 19.8 Å². The highest BCUT2D eigenvalue weighted by atomic mass is 15.1. The summed E-state index contributed by atoms with van der Waals surface area (Å²) >= 11 is 0. The molecule has 0 radical (unpaired) electrons. The Hall–Kier alpha value is -10.5. The Morgan fingerprint density at radius 1 is 0.263 bits per heavy atom. The van der Waals surface area contributed by atoms with Crippen LogP contribution in [0.1, 0.15) is 0 Å². The second-order valence-electron chi connectivity index (χ2n) is 19.1. The molecule has 6 nitrogen and oxygen atoms in total. The lowest BCUT2D eigenvalue weighted by molar-refractivity contribution is 1.07. The van der Waals surface area contributed by atoms with Gasteiger partial charge in [0, 0.05) is 38.2 Å². The molecule has 0 aliphatic carbocycles. The van der Waals surface area contributed by atoms with Gasteiger partial charge in [-0.1, -0.05) is 206 Å². The van der Waals surface area contributed by atoms with E-state index in [2.05, 4.69) is 220 Å². The molecule has 0 unspecified atom stereocenters. The second-order valence-corrected chi connectivity index (χ2v) is 19.1. The van der Waals surface area contributed by atoms with Crippen molar-refractivity contribution in [2.24, 2.45) is 0 Å². The van der Waals surface area contributed by atoms with Crippen LogP contribution in [-0.4, -0.2) is 24.1 Å². The van der Waals surface area contributed by atoms with Crippen molar-refractivity contribution >= 4 is 49.3 Å². The number of rotatable bonds is 9. The van der Waals surface area contributed by atoms with Crippen molar-refractivity contribution in [1.82, 2.24) is 24.1 Å². The summed E-state index contributed by atoms with van der Waals surface area (Å²) < 4.78 is 4.74. The zero-order chi connectivity index (χ0) is 50.5. The Morgan fingerprint density at radius 2 is 0.539 bits per heavy atom. The molecule has 11 aromatic carbocycles. The first-order chi connectivity index (χ1) is 37.6. The number of hydrogen-bond donors (Lipinski definition) is 0.